The number of amides is 1. The first kappa shape index (κ1) is 12.4. The highest BCUT2D eigenvalue weighted by molar-refractivity contribution is 6.34. The number of ether oxygens (including phenoxy) is 1. The fourth-order valence-electron chi connectivity index (χ4n) is 2.25. The first-order chi connectivity index (χ1) is 9.25. The third-order valence-corrected chi connectivity index (χ3v) is 3.56. The van der Waals surface area contributed by atoms with Crippen LogP contribution in [0.3, 0.4) is 0 Å². The van der Waals surface area contributed by atoms with E-state index < -0.39 is 0 Å². The van der Waals surface area contributed by atoms with Gasteiger partial charge in [-0.2, -0.15) is 0 Å². The van der Waals surface area contributed by atoms with Gasteiger partial charge in [-0.3, -0.25) is 4.79 Å². The monoisotopic (exact) mass is 276 g/mol. The van der Waals surface area contributed by atoms with Gasteiger partial charge in [0.2, 0.25) is 0 Å². The van der Waals surface area contributed by atoms with Gasteiger partial charge in [0.25, 0.3) is 5.91 Å². The van der Waals surface area contributed by atoms with E-state index in [1.807, 2.05) is 24.3 Å². The number of carbonyl (C=O) groups is 1. The minimum Gasteiger partial charge on any atom is -0.379 e. The molecule has 1 N–H and O–H groups in total. The maximum atomic E-state index is 12.3. The molecule has 1 aliphatic rings. The van der Waals surface area contributed by atoms with Gasteiger partial charge in [-0.25, -0.2) is 4.98 Å². The van der Waals surface area contributed by atoms with Crippen LogP contribution < -0.4 is 5.32 Å². The van der Waals surface area contributed by atoms with E-state index in [1.165, 1.54) is 6.20 Å². The Hall–Kier alpha value is -1.65. The zero-order chi connectivity index (χ0) is 13.2. The molecule has 2 aromatic rings. The number of rotatable bonds is 2. The molecule has 1 aliphatic heterocycles. The second-order valence-corrected chi connectivity index (χ2v) is 4.90. The molecule has 2 heterocycles. The molecule has 19 heavy (non-hydrogen) atoms. The van der Waals surface area contributed by atoms with Crippen molar-refractivity contribution in [3.63, 3.8) is 0 Å². The van der Waals surface area contributed by atoms with Crippen LogP contribution in [0.1, 0.15) is 16.8 Å². The summed E-state index contributed by atoms with van der Waals surface area (Å²) in [6.45, 7) is 1.27. The molecule has 0 bridgehead atoms. The SMILES string of the molecule is O=C(NC1CCOC1)c1cnc(Cl)c2ccccc12. The van der Waals surface area contributed by atoms with Crippen LogP contribution in [0.25, 0.3) is 10.8 Å². The van der Waals surface area contributed by atoms with Gasteiger partial charge in [-0.1, -0.05) is 35.9 Å². The highest BCUT2D eigenvalue weighted by atomic mass is 35.5. The third-order valence-electron chi connectivity index (χ3n) is 3.26. The minimum absolute atomic E-state index is 0.0851. The van der Waals surface area contributed by atoms with Gasteiger partial charge in [0.1, 0.15) is 5.15 Å². The van der Waals surface area contributed by atoms with Crippen LogP contribution in [0.15, 0.2) is 30.5 Å². The van der Waals surface area contributed by atoms with Crippen molar-refractivity contribution in [2.45, 2.75) is 12.5 Å². The Balaban J connectivity index is 1.95. The van der Waals surface area contributed by atoms with Crippen LogP contribution in [0.5, 0.6) is 0 Å². The van der Waals surface area contributed by atoms with Crippen molar-refractivity contribution < 1.29 is 9.53 Å². The Bertz CT molecular complexity index is 624. The van der Waals surface area contributed by atoms with Crippen molar-refractivity contribution in [1.82, 2.24) is 10.3 Å². The molecule has 1 unspecified atom stereocenters. The largest absolute Gasteiger partial charge is 0.379 e. The van der Waals surface area contributed by atoms with Crippen LogP contribution in [-0.4, -0.2) is 30.1 Å². The normalized spacial score (nSPS) is 18.7. The van der Waals surface area contributed by atoms with Crippen molar-refractivity contribution in [1.29, 1.82) is 0 Å². The Morgan fingerprint density at radius 2 is 2.16 bits per heavy atom. The fraction of sp³-hybridized carbons (Fsp3) is 0.286. The zero-order valence-electron chi connectivity index (χ0n) is 10.2. The molecule has 1 atom stereocenters. The number of nitrogens with one attached hydrogen (secondary N) is 1. The molecule has 1 aromatic heterocycles. The fourth-order valence-corrected chi connectivity index (χ4v) is 2.46. The van der Waals surface area contributed by atoms with E-state index in [-0.39, 0.29) is 11.9 Å². The first-order valence-electron chi connectivity index (χ1n) is 6.17. The van der Waals surface area contributed by atoms with E-state index >= 15 is 0 Å². The average molecular weight is 277 g/mol. The lowest BCUT2D eigenvalue weighted by atomic mass is 10.1. The van der Waals surface area contributed by atoms with Gasteiger partial charge in [0.15, 0.2) is 0 Å². The summed E-state index contributed by atoms with van der Waals surface area (Å²) >= 11 is 6.04. The van der Waals surface area contributed by atoms with Crippen LogP contribution in [0.4, 0.5) is 0 Å². The predicted octanol–water partition coefficient (Wildman–Crippen LogP) is 2.41. The van der Waals surface area contributed by atoms with Gasteiger partial charge >= 0.3 is 0 Å². The Labute approximate surface area is 115 Å². The van der Waals surface area contributed by atoms with E-state index in [0.717, 1.165) is 17.2 Å². The smallest absolute Gasteiger partial charge is 0.253 e. The molecular weight excluding hydrogens is 264 g/mol. The maximum Gasteiger partial charge on any atom is 0.253 e. The summed E-state index contributed by atoms with van der Waals surface area (Å²) in [5, 5.41) is 4.98. The van der Waals surface area contributed by atoms with Crippen molar-refractivity contribution in [2.75, 3.05) is 13.2 Å². The topological polar surface area (TPSA) is 51.2 Å². The minimum atomic E-state index is -0.129. The van der Waals surface area contributed by atoms with Crippen molar-refractivity contribution in [2.24, 2.45) is 0 Å². The van der Waals surface area contributed by atoms with E-state index in [4.69, 9.17) is 16.3 Å². The van der Waals surface area contributed by atoms with Gasteiger partial charge < -0.3 is 10.1 Å². The van der Waals surface area contributed by atoms with E-state index in [9.17, 15) is 4.79 Å². The van der Waals surface area contributed by atoms with Gasteiger partial charge in [0.05, 0.1) is 18.2 Å². The van der Waals surface area contributed by atoms with E-state index in [0.29, 0.717) is 23.9 Å². The Morgan fingerprint density at radius 1 is 1.37 bits per heavy atom. The summed E-state index contributed by atoms with van der Waals surface area (Å²) in [7, 11) is 0. The Kier molecular flexibility index (Phi) is 3.36. The van der Waals surface area contributed by atoms with Crippen LogP contribution >= 0.6 is 11.6 Å². The molecular formula is C14H13ClN2O2. The summed E-state index contributed by atoms with van der Waals surface area (Å²) < 4.78 is 5.25. The lowest BCUT2D eigenvalue weighted by molar-refractivity contribution is 0.0931. The lowest BCUT2D eigenvalue weighted by Crippen LogP contribution is -2.35. The zero-order valence-corrected chi connectivity index (χ0v) is 11.0. The molecule has 1 amide bonds. The first-order valence-corrected chi connectivity index (χ1v) is 6.55. The molecule has 0 spiro atoms. The standard InChI is InChI=1S/C14H13ClN2O2/c15-13-11-4-2-1-3-10(11)12(7-16-13)14(18)17-9-5-6-19-8-9/h1-4,7,9H,5-6,8H2,(H,17,18). The number of carbonyl (C=O) groups excluding carboxylic acids is 1. The van der Waals surface area contributed by atoms with Gasteiger partial charge in [-0.15, -0.1) is 0 Å². The molecule has 0 saturated carbocycles. The third kappa shape index (κ3) is 2.41. The van der Waals surface area contributed by atoms with E-state index in [1.54, 1.807) is 0 Å². The summed E-state index contributed by atoms with van der Waals surface area (Å²) in [6.07, 6.45) is 2.38. The van der Waals surface area contributed by atoms with Crippen molar-refractivity contribution in [3.8, 4) is 0 Å². The average Bonchev–Trinajstić information content (AvgIpc) is 2.92. The number of pyridine rings is 1. The quantitative estimate of drug-likeness (QED) is 0.857. The Morgan fingerprint density at radius 3 is 2.89 bits per heavy atom. The summed E-state index contributed by atoms with van der Waals surface area (Å²) in [6, 6.07) is 7.58. The van der Waals surface area contributed by atoms with Crippen molar-refractivity contribution >= 4 is 28.3 Å². The number of halogens is 1. The second kappa shape index (κ2) is 5.15. The molecule has 1 saturated heterocycles. The van der Waals surface area contributed by atoms with Crippen LogP contribution in [0, 0.1) is 0 Å². The van der Waals surface area contributed by atoms with Crippen molar-refractivity contribution in [3.05, 3.63) is 41.2 Å². The van der Waals surface area contributed by atoms with Gasteiger partial charge in [0, 0.05) is 18.2 Å². The number of benzene rings is 1. The number of hydrogen-bond donors (Lipinski definition) is 1. The predicted molar refractivity (Wildman–Crippen MR) is 73.4 cm³/mol. The molecule has 98 valence electrons. The number of aromatic nitrogens is 1. The molecule has 0 aliphatic carbocycles. The van der Waals surface area contributed by atoms with E-state index in [2.05, 4.69) is 10.3 Å². The highest BCUT2D eigenvalue weighted by Crippen LogP contribution is 2.24. The molecule has 4 nitrogen and oxygen atoms in total. The van der Waals surface area contributed by atoms with Crippen LogP contribution in [-0.2, 0) is 4.74 Å². The second-order valence-electron chi connectivity index (χ2n) is 4.54. The molecule has 5 heteroatoms. The molecule has 0 radical (unpaired) electrons. The van der Waals surface area contributed by atoms with Crippen LogP contribution in [0.2, 0.25) is 5.15 Å². The molecule has 3 rings (SSSR count). The highest BCUT2D eigenvalue weighted by Gasteiger charge is 2.20. The summed E-state index contributed by atoms with van der Waals surface area (Å²) in [4.78, 5) is 16.4. The number of fused-ring (bicyclic) bond motifs is 1. The number of hydrogen-bond acceptors (Lipinski definition) is 3. The maximum absolute atomic E-state index is 12.3. The summed E-state index contributed by atoms with van der Waals surface area (Å²) in [5.41, 5.74) is 0.548. The summed E-state index contributed by atoms with van der Waals surface area (Å²) in [5.74, 6) is -0.129. The molecule has 1 fully saturated rings. The number of nitrogens with zero attached hydrogens (tertiary/aromatic N) is 1. The van der Waals surface area contributed by atoms with Gasteiger partial charge in [-0.05, 0) is 11.8 Å². The lowest BCUT2D eigenvalue weighted by Gasteiger charge is -2.12. The molecule has 1 aromatic carbocycles.